The van der Waals surface area contributed by atoms with Gasteiger partial charge in [0, 0.05) is 5.56 Å². The monoisotopic (exact) mass is 189 g/mol. The fourth-order valence-electron chi connectivity index (χ4n) is 0.898. The summed E-state index contributed by atoms with van der Waals surface area (Å²) >= 11 is 0. The summed E-state index contributed by atoms with van der Waals surface area (Å²) in [5.74, 6) is -0.275. The molecule has 4 heteroatoms. The van der Waals surface area contributed by atoms with Crippen LogP contribution < -0.4 is 11.5 Å². The third kappa shape index (κ3) is 2.75. The minimum Gasteiger partial charge on any atom is -0.404 e. The molecule has 0 bridgehead atoms. The lowest BCUT2D eigenvalue weighted by Gasteiger charge is -1.94. The highest BCUT2D eigenvalue weighted by Crippen LogP contribution is 2.00. The predicted octanol–water partition coefficient (Wildman–Crippen LogP) is 0.656. The van der Waals surface area contributed by atoms with Gasteiger partial charge in [-0.15, -0.1) is 0 Å². The first-order valence-corrected chi connectivity index (χ1v) is 4.06. The minimum absolute atomic E-state index is 0.0985. The second kappa shape index (κ2) is 4.81. The molecule has 0 atom stereocenters. The van der Waals surface area contributed by atoms with Crippen LogP contribution in [0.1, 0.15) is 10.4 Å². The molecule has 0 aliphatic heterocycles. The molecule has 0 aliphatic rings. The normalized spacial score (nSPS) is 11.9. The van der Waals surface area contributed by atoms with E-state index in [0.29, 0.717) is 5.56 Å². The number of carbonyl (C=O) groups is 1. The SMILES string of the molecule is N/C=C\C(N)=NC(=O)c1ccccc1. The van der Waals surface area contributed by atoms with Gasteiger partial charge in [0.1, 0.15) is 5.84 Å². The van der Waals surface area contributed by atoms with E-state index >= 15 is 0 Å². The number of nitrogens with zero attached hydrogens (tertiary/aromatic N) is 1. The van der Waals surface area contributed by atoms with Crippen molar-refractivity contribution in [2.24, 2.45) is 16.5 Å². The van der Waals surface area contributed by atoms with Gasteiger partial charge in [0.2, 0.25) is 0 Å². The maximum atomic E-state index is 11.4. The molecule has 0 saturated heterocycles. The van der Waals surface area contributed by atoms with Crippen molar-refractivity contribution >= 4 is 11.7 Å². The van der Waals surface area contributed by atoms with Crippen LogP contribution in [-0.4, -0.2) is 11.7 Å². The highest BCUT2D eigenvalue weighted by molar-refractivity contribution is 6.06. The van der Waals surface area contributed by atoms with E-state index in [-0.39, 0.29) is 11.7 Å². The molecule has 1 aromatic rings. The first-order chi connectivity index (χ1) is 6.74. The van der Waals surface area contributed by atoms with Crippen molar-refractivity contribution in [2.75, 3.05) is 0 Å². The van der Waals surface area contributed by atoms with E-state index in [0.717, 1.165) is 0 Å². The summed E-state index contributed by atoms with van der Waals surface area (Å²) in [5.41, 5.74) is 11.0. The predicted molar refractivity (Wildman–Crippen MR) is 55.7 cm³/mol. The second-order valence-electron chi connectivity index (χ2n) is 2.57. The molecular formula is C10H11N3O. The number of aliphatic imine (C=N–C) groups is 1. The Bertz CT molecular complexity index is 368. The van der Waals surface area contributed by atoms with E-state index in [1.54, 1.807) is 24.3 Å². The van der Waals surface area contributed by atoms with Crippen LogP contribution in [0.4, 0.5) is 0 Å². The summed E-state index contributed by atoms with van der Waals surface area (Å²) in [6.07, 6.45) is 2.60. The largest absolute Gasteiger partial charge is 0.404 e. The molecule has 0 radical (unpaired) electrons. The smallest absolute Gasteiger partial charge is 0.278 e. The molecule has 1 amide bonds. The number of carbonyl (C=O) groups excluding carboxylic acids is 1. The third-order valence-corrected chi connectivity index (χ3v) is 1.52. The van der Waals surface area contributed by atoms with Gasteiger partial charge in [0.25, 0.3) is 5.91 Å². The summed E-state index contributed by atoms with van der Waals surface area (Å²) in [5, 5.41) is 0. The molecule has 1 aromatic carbocycles. The van der Waals surface area contributed by atoms with Crippen molar-refractivity contribution in [2.45, 2.75) is 0 Å². The average Bonchev–Trinajstić information content (AvgIpc) is 2.19. The number of hydrogen-bond donors (Lipinski definition) is 2. The van der Waals surface area contributed by atoms with Crippen LogP contribution in [0.25, 0.3) is 0 Å². The Morgan fingerprint density at radius 1 is 1.29 bits per heavy atom. The van der Waals surface area contributed by atoms with Gasteiger partial charge in [-0.25, -0.2) is 0 Å². The first kappa shape index (κ1) is 9.98. The molecule has 14 heavy (non-hydrogen) atoms. The average molecular weight is 189 g/mol. The molecule has 72 valence electrons. The highest BCUT2D eigenvalue weighted by Gasteiger charge is 2.01. The summed E-state index contributed by atoms with van der Waals surface area (Å²) in [4.78, 5) is 15.0. The van der Waals surface area contributed by atoms with E-state index in [1.807, 2.05) is 6.07 Å². The van der Waals surface area contributed by atoms with Gasteiger partial charge in [0.15, 0.2) is 0 Å². The van der Waals surface area contributed by atoms with Gasteiger partial charge in [0.05, 0.1) is 0 Å². The van der Waals surface area contributed by atoms with Crippen molar-refractivity contribution < 1.29 is 4.79 Å². The van der Waals surface area contributed by atoms with Crippen molar-refractivity contribution in [3.05, 3.63) is 48.2 Å². The Balaban J connectivity index is 2.83. The van der Waals surface area contributed by atoms with E-state index in [9.17, 15) is 4.79 Å². The summed E-state index contributed by atoms with van der Waals surface area (Å²) in [6, 6.07) is 8.69. The zero-order valence-corrected chi connectivity index (χ0v) is 7.55. The van der Waals surface area contributed by atoms with Crippen molar-refractivity contribution in [3.8, 4) is 0 Å². The number of nitrogens with two attached hydrogens (primary N) is 2. The molecule has 0 unspecified atom stereocenters. The van der Waals surface area contributed by atoms with Crippen molar-refractivity contribution in [3.63, 3.8) is 0 Å². The summed E-state index contributed by atoms with van der Waals surface area (Å²) < 4.78 is 0. The zero-order valence-electron chi connectivity index (χ0n) is 7.55. The third-order valence-electron chi connectivity index (χ3n) is 1.52. The number of benzene rings is 1. The van der Waals surface area contributed by atoms with Gasteiger partial charge in [-0.3, -0.25) is 4.79 Å². The van der Waals surface area contributed by atoms with Crippen LogP contribution in [-0.2, 0) is 0 Å². The number of amidine groups is 1. The van der Waals surface area contributed by atoms with Crippen molar-refractivity contribution in [1.82, 2.24) is 0 Å². The Morgan fingerprint density at radius 2 is 1.93 bits per heavy atom. The van der Waals surface area contributed by atoms with Crippen LogP contribution >= 0.6 is 0 Å². The van der Waals surface area contributed by atoms with Gasteiger partial charge in [-0.2, -0.15) is 4.99 Å². The van der Waals surface area contributed by atoms with Gasteiger partial charge >= 0.3 is 0 Å². The quantitative estimate of drug-likeness (QED) is 0.529. The maximum absolute atomic E-state index is 11.4. The Hall–Kier alpha value is -2.10. The number of amides is 1. The van der Waals surface area contributed by atoms with Crippen LogP contribution in [0.5, 0.6) is 0 Å². The van der Waals surface area contributed by atoms with E-state index < -0.39 is 0 Å². The Labute approximate surface area is 81.9 Å². The van der Waals surface area contributed by atoms with E-state index in [4.69, 9.17) is 11.5 Å². The molecule has 0 aliphatic carbocycles. The molecule has 0 fully saturated rings. The summed E-state index contributed by atoms with van der Waals surface area (Å²) in [7, 11) is 0. The maximum Gasteiger partial charge on any atom is 0.278 e. The lowest BCUT2D eigenvalue weighted by Crippen LogP contribution is -2.11. The van der Waals surface area contributed by atoms with Crippen LogP contribution in [0.3, 0.4) is 0 Å². The molecule has 4 N–H and O–H groups in total. The first-order valence-electron chi connectivity index (χ1n) is 4.06. The molecule has 4 nitrogen and oxygen atoms in total. The minimum atomic E-state index is -0.374. The topological polar surface area (TPSA) is 81.5 Å². The van der Waals surface area contributed by atoms with Crippen molar-refractivity contribution in [1.29, 1.82) is 0 Å². The fraction of sp³-hybridized carbons (Fsp3) is 0. The van der Waals surface area contributed by atoms with E-state index in [2.05, 4.69) is 4.99 Å². The van der Waals surface area contributed by atoms with Gasteiger partial charge in [-0.05, 0) is 24.4 Å². The van der Waals surface area contributed by atoms with Gasteiger partial charge < -0.3 is 11.5 Å². The number of hydrogen-bond acceptors (Lipinski definition) is 2. The fourth-order valence-corrected chi connectivity index (χ4v) is 0.898. The lowest BCUT2D eigenvalue weighted by atomic mass is 10.2. The summed E-state index contributed by atoms with van der Waals surface area (Å²) in [6.45, 7) is 0. The van der Waals surface area contributed by atoms with E-state index in [1.165, 1.54) is 12.3 Å². The zero-order chi connectivity index (χ0) is 10.4. The number of rotatable bonds is 2. The highest BCUT2D eigenvalue weighted by atomic mass is 16.1. The molecular weight excluding hydrogens is 178 g/mol. The molecule has 0 heterocycles. The molecule has 0 aromatic heterocycles. The lowest BCUT2D eigenvalue weighted by molar-refractivity contribution is 0.100. The second-order valence-corrected chi connectivity index (χ2v) is 2.57. The molecule has 0 spiro atoms. The van der Waals surface area contributed by atoms with Crippen LogP contribution in [0.15, 0.2) is 47.6 Å². The molecule has 1 rings (SSSR count). The van der Waals surface area contributed by atoms with Gasteiger partial charge in [-0.1, -0.05) is 18.2 Å². The Kier molecular flexibility index (Phi) is 3.43. The standard InChI is InChI=1S/C10H11N3O/c11-7-6-9(12)13-10(14)8-4-2-1-3-5-8/h1-7H,11H2,(H2,12,13,14)/b7-6-. The Morgan fingerprint density at radius 3 is 2.50 bits per heavy atom. The molecule has 0 saturated carbocycles. The van der Waals surface area contributed by atoms with Crippen LogP contribution in [0, 0.1) is 0 Å². The van der Waals surface area contributed by atoms with Crippen LogP contribution in [0.2, 0.25) is 0 Å².